The van der Waals surface area contributed by atoms with Crippen molar-refractivity contribution in [3.8, 4) is 6.07 Å². The summed E-state index contributed by atoms with van der Waals surface area (Å²) in [5.74, 6) is -1.34. The number of nitrogens with two attached hydrogens (primary N) is 1. The zero-order valence-electron chi connectivity index (χ0n) is 14.9. The largest absolute Gasteiger partial charge is 0.408 e. The fourth-order valence-corrected chi connectivity index (χ4v) is 2.23. The van der Waals surface area contributed by atoms with Crippen LogP contribution in [0.5, 0.6) is 0 Å². The van der Waals surface area contributed by atoms with Crippen molar-refractivity contribution >= 4 is 17.2 Å². The Bertz CT molecular complexity index is 985. The molecule has 146 valence electrons. The second kappa shape index (κ2) is 8.04. The van der Waals surface area contributed by atoms with Gasteiger partial charge in [-0.3, -0.25) is 10.2 Å². The highest BCUT2D eigenvalue weighted by molar-refractivity contribution is 6.09. The van der Waals surface area contributed by atoms with Gasteiger partial charge in [-0.15, -0.1) is 0 Å². The van der Waals surface area contributed by atoms with Crippen LogP contribution < -0.4 is 10.7 Å². The Labute approximate surface area is 157 Å². The summed E-state index contributed by atoms with van der Waals surface area (Å²) in [7, 11) is 0. The van der Waals surface area contributed by atoms with Crippen LogP contribution in [-0.4, -0.2) is 33.8 Å². The monoisotopic (exact) mass is 394 g/mol. The van der Waals surface area contributed by atoms with Crippen molar-refractivity contribution in [1.82, 2.24) is 15.3 Å². The number of benzene rings is 1. The molecule has 1 atom stereocenters. The molecular weight excluding hydrogens is 378 g/mol. The molecular formula is C18H16F4N5O+. The van der Waals surface area contributed by atoms with Crippen LogP contribution in [0.15, 0.2) is 30.5 Å². The summed E-state index contributed by atoms with van der Waals surface area (Å²) >= 11 is 0. The van der Waals surface area contributed by atoms with Crippen molar-refractivity contribution in [2.45, 2.75) is 26.1 Å². The number of carbonyl (C=O) groups is 1. The van der Waals surface area contributed by atoms with Gasteiger partial charge in [0.05, 0.1) is 17.3 Å². The highest BCUT2D eigenvalue weighted by Crippen LogP contribution is 2.20. The molecule has 10 heteroatoms. The summed E-state index contributed by atoms with van der Waals surface area (Å²) in [5.41, 5.74) is 0.807. The summed E-state index contributed by atoms with van der Waals surface area (Å²) in [4.78, 5) is 18.5. The molecule has 4 N–H and O–H groups in total. The number of amides is 1. The lowest BCUT2D eigenvalue weighted by Gasteiger charge is -2.16. The van der Waals surface area contributed by atoms with Gasteiger partial charge in [-0.05, 0) is 37.6 Å². The van der Waals surface area contributed by atoms with E-state index in [-0.39, 0.29) is 22.8 Å². The molecule has 0 aliphatic rings. The third kappa shape index (κ3) is 4.82. The molecule has 6 nitrogen and oxygen atoms in total. The number of imidazole rings is 1. The van der Waals surface area contributed by atoms with Crippen LogP contribution in [0.3, 0.4) is 0 Å². The predicted molar refractivity (Wildman–Crippen MR) is 92.4 cm³/mol. The Kier molecular flexibility index (Phi) is 5.98. The smallest absolute Gasteiger partial charge is 0.339 e. The number of aromatic amines is 1. The topological polar surface area (TPSA) is 107 Å². The van der Waals surface area contributed by atoms with Crippen LogP contribution in [-0.2, 0) is 0 Å². The number of alkyl halides is 3. The Morgan fingerprint density at radius 2 is 2.11 bits per heavy atom. The van der Waals surface area contributed by atoms with E-state index in [1.165, 1.54) is 12.1 Å². The minimum Gasteiger partial charge on any atom is -0.339 e. The molecule has 28 heavy (non-hydrogen) atoms. The van der Waals surface area contributed by atoms with Gasteiger partial charge in [-0.25, -0.2) is 9.37 Å². The Morgan fingerprint density at radius 3 is 2.71 bits per heavy atom. The molecule has 0 saturated heterocycles. The van der Waals surface area contributed by atoms with Crippen LogP contribution >= 0.6 is 0 Å². The first-order valence-corrected chi connectivity index (χ1v) is 7.96. The summed E-state index contributed by atoms with van der Waals surface area (Å²) in [5, 5.41) is 16.9. The summed E-state index contributed by atoms with van der Waals surface area (Å²) in [6.45, 7) is 2.42. The second-order valence-corrected chi connectivity index (χ2v) is 5.97. The lowest BCUT2D eigenvalue weighted by atomic mass is 10.0. The summed E-state index contributed by atoms with van der Waals surface area (Å²) in [6, 6.07) is 3.38. The van der Waals surface area contributed by atoms with E-state index in [0.29, 0.717) is 11.1 Å². The molecule has 1 aromatic heterocycles. The standard InChI is InChI=1S/C18H15F4N5O/c1-9(5-14(24)13-4-3-12(19)6-11(13)7-23)16-25-8-15(27-16)17(28)26-10(2)18(20,21)22/h3-6,8,10,24H,1-2H3,(H,25,27)(H,26,28)/p+1/b9-5-,24-14?. The maximum Gasteiger partial charge on any atom is 0.408 e. The molecule has 2 aromatic rings. The zero-order chi connectivity index (χ0) is 21.1. The number of H-pyrrole nitrogens is 1. The van der Waals surface area contributed by atoms with Gasteiger partial charge in [-0.1, -0.05) is 0 Å². The van der Waals surface area contributed by atoms with E-state index in [4.69, 9.17) is 10.7 Å². The van der Waals surface area contributed by atoms with Crippen LogP contribution in [0.4, 0.5) is 17.6 Å². The van der Waals surface area contributed by atoms with Gasteiger partial charge in [0.15, 0.2) is 0 Å². The lowest BCUT2D eigenvalue weighted by Crippen LogP contribution is -2.43. The van der Waals surface area contributed by atoms with E-state index < -0.39 is 23.9 Å². The molecule has 0 saturated carbocycles. The third-order valence-corrected chi connectivity index (χ3v) is 3.82. The number of halogens is 4. The number of nitriles is 1. The number of carbonyl (C=O) groups excluding carboxylic acids is 1. The molecule has 0 radical (unpaired) electrons. The predicted octanol–water partition coefficient (Wildman–Crippen LogP) is 1.75. The maximum absolute atomic E-state index is 13.2. The van der Waals surface area contributed by atoms with Crippen molar-refractivity contribution in [2.75, 3.05) is 0 Å². The number of rotatable bonds is 5. The fraction of sp³-hybridized carbons (Fsp3) is 0.222. The average Bonchev–Trinajstić information content (AvgIpc) is 3.10. The highest BCUT2D eigenvalue weighted by atomic mass is 19.4. The van der Waals surface area contributed by atoms with Gasteiger partial charge < -0.3 is 10.3 Å². The van der Waals surface area contributed by atoms with Crippen molar-refractivity contribution < 1.29 is 27.8 Å². The van der Waals surface area contributed by atoms with E-state index >= 15 is 0 Å². The third-order valence-electron chi connectivity index (χ3n) is 3.82. The van der Waals surface area contributed by atoms with E-state index in [1.807, 2.05) is 11.4 Å². The van der Waals surface area contributed by atoms with Crippen molar-refractivity contribution in [3.63, 3.8) is 0 Å². The summed E-state index contributed by atoms with van der Waals surface area (Å²) in [6.07, 6.45) is -2.02. The molecule has 1 heterocycles. The first-order valence-electron chi connectivity index (χ1n) is 7.96. The fourth-order valence-electron chi connectivity index (χ4n) is 2.23. The van der Waals surface area contributed by atoms with E-state index in [1.54, 1.807) is 6.92 Å². The number of nitrogens with zero attached hydrogens (tertiary/aromatic N) is 2. The number of aromatic nitrogens is 2. The second-order valence-electron chi connectivity index (χ2n) is 5.97. The van der Waals surface area contributed by atoms with Crippen LogP contribution in [0.2, 0.25) is 0 Å². The molecule has 1 unspecified atom stereocenters. The molecule has 0 fully saturated rings. The molecule has 0 aliphatic carbocycles. The Morgan fingerprint density at radius 1 is 1.43 bits per heavy atom. The highest BCUT2D eigenvalue weighted by Gasteiger charge is 2.37. The van der Waals surface area contributed by atoms with Gasteiger partial charge in [-0.2, -0.15) is 18.4 Å². The number of nitrogens with one attached hydrogen (secondary N) is 2. The minimum atomic E-state index is -4.56. The minimum absolute atomic E-state index is 0.0437. The van der Waals surface area contributed by atoms with Crippen molar-refractivity contribution in [3.05, 3.63) is 58.9 Å². The van der Waals surface area contributed by atoms with Gasteiger partial charge in [0.1, 0.15) is 29.4 Å². The number of hydrogen-bond donors (Lipinski definition) is 3. The quantitative estimate of drug-likeness (QED) is 0.531. The zero-order valence-corrected chi connectivity index (χ0v) is 14.9. The van der Waals surface area contributed by atoms with Gasteiger partial charge >= 0.3 is 6.18 Å². The normalized spacial score (nSPS) is 13.0. The number of allylic oxidation sites excluding steroid dienone is 2. The molecule has 0 bridgehead atoms. The van der Waals surface area contributed by atoms with E-state index in [0.717, 1.165) is 25.3 Å². The molecule has 0 spiro atoms. The Balaban J connectivity index is 2.20. The van der Waals surface area contributed by atoms with Crippen molar-refractivity contribution in [1.29, 1.82) is 5.26 Å². The summed E-state index contributed by atoms with van der Waals surface area (Å²) < 4.78 is 50.8. The van der Waals surface area contributed by atoms with E-state index in [2.05, 4.69) is 9.97 Å². The van der Waals surface area contributed by atoms with E-state index in [9.17, 15) is 22.4 Å². The first-order chi connectivity index (χ1) is 13.0. The first kappa shape index (κ1) is 20.8. The Hall–Kier alpha value is -3.48. The van der Waals surface area contributed by atoms with Crippen LogP contribution in [0, 0.1) is 17.1 Å². The van der Waals surface area contributed by atoms with Gasteiger partial charge in [0.2, 0.25) is 5.71 Å². The van der Waals surface area contributed by atoms with Gasteiger partial charge in [0, 0.05) is 6.08 Å². The van der Waals surface area contributed by atoms with Crippen LogP contribution in [0.1, 0.15) is 41.3 Å². The van der Waals surface area contributed by atoms with Gasteiger partial charge in [0.25, 0.3) is 5.91 Å². The maximum atomic E-state index is 13.2. The lowest BCUT2D eigenvalue weighted by molar-refractivity contribution is -0.149. The molecule has 1 amide bonds. The van der Waals surface area contributed by atoms with Crippen molar-refractivity contribution in [2.24, 2.45) is 0 Å². The molecule has 2 rings (SSSR count). The number of hydrogen-bond acceptors (Lipinski definition) is 3. The SMILES string of the molecule is C/C(=C/C(=[NH2+])c1ccc(F)cc1C#N)c1ncc(C(=O)NC(C)C(F)(F)F)[nH]1. The average molecular weight is 394 g/mol. The van der Waals surface area contributed by atoms with Crippen LogP contribution in [0.25, 0.3) is 5.57 Å². The molecule has 0 aliphatic heterocycles. The molecule has 1 aromatic carbocycles.